The van der Waals surface area contributed by atoms with Crippen LogP contribution in [0.1, 0.15) is 0 Å². The Morgan fingerprint density at radius 2 is 1.70 bits per heavy atom. The summed E-state index contributed by atoms with van der Waals surface area (Å²) in [4.78, 5) is 29.2. The monoisotopic (exact) mass is 300 g/mol. The summed E-state index contributed by atoms with van der Waals surface area (Å²) in [5.41, 5.74) is -0.944. The van der Waals surface area contributed by atoms with Crippen molar-refractivity contribution in [3.05, 3.63) is 34.5 Å². The van der Waals surface area contributed by atoms with E-state index < -0.39 is 41.6 Å². The van der Waals surface area contributed by atoms with Crippen molar-refractivity contribution < 1.29 is 34.2 Å². The number of aromatic hydroxyl groups is 3. The summed E-state index contributed by atoms with van der Waals surface area (Å²) in [6, 6.07) is 4.62. The highest BCUT2D eigenvalue weighted by molar-refractivity contribution is 7.46. The van der Waals surface area contributed by atoms with Crippen molar-refractivity contribution in [2.75, 3.05) is 0 Å². The van der Waals surface area contributed by atoms with E-state index >= 15 is 0 Å². The van der Waals surface area contributed by atoms with Crippen LogP contribution in [-0.2, 0) is 4.57 Å². The van der Waals surface area contributed by atoms with Crippen LogP contribution in [0.25, 0.3) is 10.8 Å². The first kappa shape index (κ1) is 14.1. The maximum atomic E-state index is 11.8. The van der Waals surface area contributed by atoms with Gasteiger partial charge in [-0.3, -0.25) is 14.6 Å². The third-order valence-corrected chi connectivity index (χ3v) is 2.91. The summed E-state index contributed by atoms with van der Waals surface area (Å²) in [6.45, 7) is 0. The Morgan fingerprint density at radius 1 is 1.05 bits per heavy atom. The van der Waals surface area contributed by atoms with Crippen LogP contribution in [0.5, 0.6) is 23.0 Å². The normalized spacial score (nSPS) is 11.5. The average molecular weight is 300 g/mol. The first-order valence-corrected chi connectivity index (χ1v) is 6.70. The number of phenolic OH excluding ortho intramolecular Hbond substituents is 2. The van der Waals surface area contributed by atoms with Gasteiger partial charge in [-0.15, -0.1) is 0 Å². The third-order valence-electron chi connectivity index (χ3n) is 2.48. The quantitative estimate of drug-likeness (QED) is 0.404. The molecule has 2 aromatic carbocycles. The van der Waals surface area contributed by atoms with Gasteiger partial charge in [-0.2, -0.15) is 0 Å². The number of phosphoric ester groups is 1. The van der Waals surface area contributed by atoms with Crippen LogP contribution < -0.4 is 9.95 Å². The SMILES string of the molecule is O=c1c(O)cccc2cc(OP(=O)(O)O)c(O)c(O)c12. The van der Waals surface area contributed by atoms with Gasteiger partial charge in [0.2, 0.25) is 11.2 Å². The van der Waals surface area contributed by atoms with Gasteiger partial charge in [0.25, 0.3) is 0 Å². The molecule has 2 rings (SSSR count). The Labute approximate surface area is 111 Å². The maximum Gasteiger partial charge on any atom is 0.524 e. The third kappa shape index (κ3) is 2.53. The van der Waals surface area contributed by atoms with E-state index in [0.717, 1.165) is 12.1 Å². The lowest BCUT2D eigenvalue weighted by molar-refractivity contribution is 0.276. The minimum absolute atomic E-state index is 0.0223. The second-order valence-electron chi connectivity index (χ2n) is 3.86. The van der Waals surface area contributed by atoms with Crippen LogP contribution in [0, 0.1) is 0 Å². The van der Waals surface area contributed by atoms with Crippen LogP contribution in [0.3, 0.4) is 0 Å². The second-order valence-corrected chi connectivity index (χ2v) is 5.02. The molecule has 0 aliphatic carbocycles. The molecule has 0 heterocycles. The standard InChI is InChI=1S/C11H9O8P/c12-6-3-1-2-5-4-7(19-20(16,17)18)10(14)11(15)8(5)9(6)13/h1-4,14-15H,(H,12,13)(H2,16,17,18). The first-order valence-electron chi connectivity index (χ1n) is 5.17. The van der Waals surface area contributed by atoms with Gasteiger partial charge in [-0.25, -0.2) is 4.57 Å². The molecule has 2 aromatic rings. The topological polar surface area (TPSA) is 145 Å². The molecule has 8 nitrogen and oxygen atoms in total. The first-order chi connectivity index (χ1) is 9.20. The zero-order valence-electron chi connectivity index (χ0n) is 9.72. The van der Waals surface area contributed by atoms with E-state index in [9.17, 15) is 24.7 Å². The highest BCUT2D eigenvalue weighted by Crippen LogP contribution is 2.47. The molecule has 9 heteroatoms. The summed E-state index contributed by atoms with van der Waals surface area (Å²) in [7, 11) is -4.95. The number of rotatable bonds is 2. The number of phosphoric acid groups is 1. The van der Waals surface area contributed by atoms with Crippen molar-refractivity contribution in [3.8, 4) is 23.0 Å². The fraction of sp³-hybridized carbons (Fsp3) is 0. The van der Waals surface area contributed by atoms with Gasteiger partial charge in [0.05, 0.1) is 5.39 Å². The largest absolute Gasteiger partial charge is 0.524 e. The number of hydrogen-bond donors (Lipinski definition) is 5. The molecule has 0 fully saturated rings. The van der Waals surface area contributed by atoms with E-state index in [1.165, 1.54) is 12.1 Å². The van der Waals surface area contributed by atoms with Crippen LogP contribution in [0.2, 0.25) is 0 Å². The minimum atomic E-state index is -4.95. The molecule has 0 spiro atoms. The van der Waals surface area contributed by atoms with E-state index in [0.29, 0.717) is 0 Å². The molecule has 5 N–H and O–H groups in total. The Hall–Kier alpha value is -2.28. The van der Waals surface area contributed by atoms with E-state index in [2.05, 4.69) is 4.52 Å². The van der Waals surface area contributed by atoms with Crippen molar-refractivity contribution in [1.82, 2.24) is 0 Å². The predicted molar refractivity (Wildman–Crippen MR) is 67.9 cm³/mol. The molecule has 0 unspecified atom stereocenters. The molecule has 0 saturated carbocycles. The molecule has 0 saturated heterocycles. The highest BCUT2D eigenvalue weighted by Gasteiger charge is 2.22. The molecule has 0 aliphatic rings. The van der Waals surface area contributed by atoms with Crippen LogP contribution in [0.15, 0.2) is 29.1 Å². The van der Waals surface area contributed by atoms with Crippen molar-refractivity contribution >= 4 is 18.6 Å². The van der Waals surface area contributed by atoms with Crippen molar-refractivity contribution in [1.29, 1.82) is 0 Å². The lowest BCUT2D eigenvalue weighted by Crippen LogP contribution is -1.98. The number of phenols is 2. The lowest BCUT2D eigenvalue weighted by atomic mass is 10.1. The molecule has 106 valence electrons. The molecule has 0 amide bonds. The fourth-order valence-electron chi connectivity index (χ4n) is 1.67. The number of fused-ring (bicyclic) bond motifs is 1. The molecule has 0 radical (unpaired) electrons. The molecule has 20 heavy (non-hydrogen) atoms. The smallest absolute Gasteiger partial charge is 0.504 e. The van der Waals surface area contributed by atoms with Crippen molar-refractivity contribution in [3.63, 3.8) is 0 Å². The van der Waals surface area contributed by atoms with Crippen LogP contribution >= 0.6 is 7.82 Å². The zero-order chi connectivity index (χ0) is 15.1. The van der Waals surface area contributed by atoms with Gasteiger partial charge in [-0.1, -0.05) is 12.1 Å². The minimum Gasteiger partial charge on any atom is -0.504 e. The average Bonchev–Trinajstić information content (AvgIpc) is 2.45. The second kappa shape index (κ2) is 4.68. The van der Waals surface area contributed by atoms with Gasteiger partial charge in [0, 0.05) is 0 Å². The molecule has 0 atom stereocenters. The van der Waals surface area contributed by atoms with Crippen molar-refractivity contribution in [2.45, 2.75) is 0 Å². The van der Waals surface area contributed by atoms with Gasteiger partial charge in [-0.05, 0) is 17.5 Å². The van der Waals surface area contributed by atoms with Crippen LogP contribution in [-0.4, -0.2) is 25.1 Å². The number of hydrogen-bond acceptors (Lipinski definition) is 6. The summed E-state index contributed by atoms with van der Waals surface area (Å²) < 4.78 is 15.0. The van der Waals surface area contributed by atoms with E-state index in [4.69, 9.17) is 9.79 Å². The number of benzene rings is 1. The Morgan fingerprint density at radius 3 is 2.30 bits per heavy atom. The zero-order valence-corrected chi connectivity index (χ0v) is 10.6. The lowest BCUT2D eigenvalue weighted by Gasteiger charge is -2.10. The van der Waals surface area contributed by atoms with Gasteiger partial charge >= 0.3 is 7.82 Å². The Balaban J connectivity index is 2.88. The van der Waals surface area contributed by atoms with Gasteiger partial charge in [0.1, 0.15) is 0 Å². The van der Waals surface area contributed by atoms with E-state index in [-0.39, 0.29) is 5.39 Å². The predicted octanol–water partition coefficient (Wildman–Crippen LogP) is 0.788. The van der Waals surface area contributed by atoms with Crippen LogP contribution in [0.4, 0.5) is 0 Å². The summed E-state index contributed by atoms with van der Waals surface area (Å²) in [5.74, 6) is -3.29. The van der Waals surface area contributed by atoms with E-state index in [1.807, 2.05) is 0 Å². The molecule has 0 bridgehead atoms. The summed E-state index contributed by atoms with van der Waals surface area (Å²) in [5, 5.41) is 28.4. The fourth-order valence-corrected chi connectivity index (χ4v) is 2.06. The van der Waals surface area contributed by atoms with Gasteiger partial charge < -0.3 is 19.8 Å². The summed E-state index contributed by atoms with van der Waals surface area (Å²) in [6.07, 6.45) is 0. The Kier molecular flexibility index (Phi) is 3.31. The molecule has 0 aliphatic heterocycles. The van der Waals surface area contributed by atoms with Gasteiger partial charge in [0.15, 0.2) is 17.2 Å². The van der Waals surface area contributed by atoms with Crippen molar-refractivity contribution in [2.24, 2.45) is 0 Å². The Bertz CT molecular complexity index is 794. The highest BCUT2D eigenvalue weighted by atomic mass is 31.2. The summed E-state index contributed by atoms with van der Waals surface area (Å²) >= 11 is 0. The molecular weight excluding hydrogens is 291 g/mol. The van der Waals surface area contributed by atoms with E-state index in [1.54, 1.807) is 0 Å². The maximum absolute atomic E-state index is 11.8. The molecular formula is C11H9O8P. The molecule has 0 aromatic heterocycles.